The van der Waals surface area contributed by atoms with E-state index in [0.717, 1.165) is 11.1 Å². The third-order valence-corrected chi connectivity index (χ3v) is 6.47. The molecule has 0 saturated carbocycles. The van der Waals surface area contributed by atoms with Gasteiger partial charge in [-0.3, -0.25) is 4.57 Å². The maximum absolute atomic E-state index is 11.7. The van der Waals surface area contributed by atoms with E-state index in [1.807, 2.05) is 29.1 Å². The van der Waals surface area contributed by atoms with E-state index in [1.165, 1.54) is 22.9 Å². The fraction of sp³-hybridized carbons (Fsp3) is 0.120. The Hall–Kier alpha value is -3.11. The molecule has 0 unspecified atom stereocenters. The molecule has 4 aromatic rings. The van der Waals surface area contributed by atoms with Crippen LogP contribution >= 0.6 is 7.60 Å². The van der Waals surface area contributed by atoms with Gasteiger partial charge >= 0.3 is 7.60 Å². The summed E-state index contributed by atoms with van der Waals surface area (Å²) in [6.45, 7) is 4.62. The predicted octanol–water partition coefficient (Wildman–Crippen LogP) is 3.39. The van der Waals surface area contributed by atoms with Crippen LogP contribution in [0, 0.1) is 13.8 Å². The molecule has 6 heteroatoms. The summed E-state index contributed by atoms with van der Waals surface area (Å²) < 4.78 is 15.8. The van der Waals surface area contributed by atoms with Crippen LogP contribution in [-0.4, -0.2) is 9.79 Å². The van der Waals surface area contributed by atoms with Crippen molar-refractivity contribution in [3.63, 3.8) is 0 Å². The van der Waals surface area contributed by atoms with Crippen molar-refractivity contribution in [2.45, 2.75) is 20.4 Å². The largest absolute Gasteiger partial charge is 0.356 e. The summed E-state index contributed by atoms with van der Waals surface area (Å²) in [5.41, 5.74) is 6.45. The number of nitrogens with zero attached hydrogens (tertiary/aromatic N) is 2. The van der Waals surface area contributed by atoms with Crippen molar-refractivity contribution < 1.29 is 23.5 Å². The highest BCUT2D eigenvalue weighted by Gasteiger charge is 2.22. The lowest BCUT2D eigenvalue weighted by atomic mass is 10.1. The Bertz CT molecular complexity index is 1240. The van der Waals surface area contributed by atoms with Crippen LogP contribution < -0.4 is 14.4 Å². The summed E-state index contributed by atoms with van der Waals surface area (Å²) in [6.07, 6.45) is 8.00. The van der Waals surface area contributed by atoms with Crippen LogP contribution in [0.3, 0.4) is 0 Å². The standard InChI is InChI=1S/C25H23N2O3P/c1-19-6-5-7-20(2)25(19)27-16-12-22(13-17-27)21-10-14-26(15-11-21)18-23-8-3-4-9-24(23)31(28,29)30/h3-17H,18H2,1-2H3/p+2. The van der Waals surface area contributed by atoms with E-state index in [2.05, 4.69) is 61.1 Å². The van der Waals surface area contributed by atoms with Gasteiger partial charge in [0.25, 0.3) is 0 Å². The second-order valence-electron chi connectivity index (χ2n) is 7.67. The second-order valence-corrected chi connectivity index (χ2v) is 9.24. The van der Waals surface area contributed by atoms with Gasteiger partial charge in [0.1, 0.15) is 0 Å². The summed E-state index contributed by atoms with van der Waals surface area (Å²) in [4.78, 5) is 19.2. The maximum atomic E-state index is 11.7. The van der Waals surface area contributed by atoms with E-state index in [1.54, 1.807) is 18.2 Å². The minimum atomic E-state index is -4.30. The number of aryl methyl sites for hydroxylation is 2. The third-order valence-electron chi connectivity index (χ3n) is 5.41. The van der Waals surface area contributed by atoms with Crippen LogP contribution in [0.4, 0.5) is 0 Å². The zero-order valence-corrected chi connectivity index (χ0v) is 18.4. The molecule has 2 N–H and O–H groups in total. The Morgan fingerprint density at radius 3 is 1.87 bits per heavy atom. The van der Waals surface area contributed by atoms with Gasteiger partial charge in [0.15, 0.2) is 31.3 Å². The highest BCUT2D eigenvalue weighted by molar-refractivity contribution is 7.60. The van der Waals surface area contributed by atoms with Gasteiger partial charge in [0, 0.05) is 41.0 Å². The van der Waals surface area contributed by atoms with E-state index in [-0.39, 0.29) is 5.30 Å². The lowest BCUT2D eigenvalue weighted by Gasteiger charge is -2.08. The molecule has 5 nitrogen and oxygen atoms in total. The van der Waals surface area contributed by atoms with Crippen molar-refractivity contribution in [2.24, 2.45) is 0 Å². The molecule has 0 fully saturated rings. The molecular weight excluding hydrogens is 407 g/mol. The molecule has 0 aliphatic carbocycles. The van der Waals surface area contributed by atoms with Gasteiger partial charge < -0.3 is 9.79 Å². The Labute approximate surface area is 182 Å². The summed E-state index contributed by atoms with van der Waals surface area (Å²) in [6, 6.07) is 21.2. The van der Waals surface area contributed by atoms with Gasteiger partial charge in [0.2, 0.25) is 5.69 Å². The first-order valence-electron chi connectivity index (χ1n) is 10.0. The molecule has 0 spiro atoms. The van der Waals surface area contributed by atoms with Gasteiger partial charge in [-0.25, -0.2) is 4.57 Å². The Morgan fingerprint density at radius 1 is 0.742 bits per heavy atom. The highest BCUT2D eigenvalue weighted by atomic mass is 31.2. The summed E-state index contributed by atoms with van der Waals surface area (Å²) in [5, 5.41) is 0.0747. The van der Waals surface area contributed by atoms with Gasteiger partial charge in [-0.1, -0.05) is 36.4 Å². The van der Waals surface area contributed by atoms with Gasteiger partial charge in [-0.2, -0.15) is 4.57 Å². The van der Waals surface area contributed by atoms with Crippen LogP contribution in [0.25, 0.3) is 16.8 Å². The Morgan fingerprint density at radius 2 is 1.29 bits per heavy atom. The quantitative estimate of drug-likeness (QED) is 0.375. The van der Waals surface area contributed by atoms with Gasteiger partial charge in [-0.15, -0.1) is 0 Å². The second kappa shape index (κ2) is 8.56. The number of benzene rings is 2. The van der Waals surface area contributed by atoms with Crippen LogP contribution in [0.15, 0.2) is 91.5 Å². The summed E-state index contributed by atoms with van der Waals surface area (Å²) >= 11 is 0. The van der Waals surface area contributed by atoms with Crippen molar-refractivity contribution in [3.8, 4) is 16.8 Å². The summed E-state index contributed by atoms with van der Waals surface area (Å²) in [5.74, 6) is 0. The molecule has 0 atom stereocenters. The highest BCUT2D eigenvalue weighted by Crippen LogP contribution is 2.34. The molecule has 2 aromatic carbocycles. The van der Waals surface area contributed by atoms with Crippen molar-refractivity contribution in [1.82, 2.24) is 0 Å². The molecule has 4 rings (SSSR count). The Kier molecular flexibility index (Phi) is 5.84. The normalized spacial score (nSPS) is 11.5. The Balaban J connectivity index is 1.56. The van der Waals surface area contributed by atoms with Crippen LogP contribution in [0.2, 0.25) is 0 Å². The van der Waals surface area contributed by atoms with Crippen molar-refractivity contribution in [2.75, 3.05) is 0 Å². The van der Waals surface area contributed by atoms with E-state index >= 15 is 0 Å². The number of pyridine rings is 2. The smallest absolute Gasteiger partial charge is 0.321 e. The van der Waals surface area contributed by atoms with Crippen LogP contribution in [-0.2, 0) is 11.1 Å². The van der Waals surface area contributed by atoms with Crippen LogP contribution in [0.1, 0.15) is 16.7 Å². The molecule has 2 heterocycles. The lowest BCUT2D eigenvalue weighted by Crippen LogP contribution is -2.35. The summed E-state index contributed by atoms with van der Waals surface area (Å²) in [7, 11) is -4.30. The number of aromatic nitrogens is 2. The maximum Gasteiger partial charge on any atom is 0.356 e. The van der Waals surface area contributed by atoms with Crippen molar-refractivity contribution in [3.05, 3.63) is 108 Å². The number of hydrogen-bond acceptors (Lipinski definition) is 1. The fourth-order valence-corrected chi connectivity index (χ4v) is 4.66. The monoisotopic (exact) mass is 432 g/mol. The molecule has 156 valence electrons. The molecule has 0 saturated heterocycles. The van der Waals surface area contributed by atoms with E-state index in [9.17, 15) is 14.4 Å². The molecule has 0 aliphatic rings. The van der Waals surface area contributed by atoms with Gasteiger partial charge in [0.05, 0.1) is 5.30 Å². The molecule has 0 bridgehead atoms. The average Bonchev–Trinajstić information content (AvgIpc) is 2.74. The van der Waals surface area contributed by atoms with E-state index < -0.39 is 7.60 Å². The van der Waals surface area contributed by atoms with E-state index in [4.69, 9.17) is 0 Å². The van der Waals surface area contributed by atoms with Crippen molar-refractivity contribution >= 4 is 12.9 Å². The number of hydrogen-bond donors (Lipinski definition) is 2. The van der Waals surface area contributed by atoms with E-state index in [0.29, 0.717) is 12.1 Å². The minimum Gasteiger partial charge on any atom is -0.321 e. The molecule has 0 aliphatic heterocycles. The molecule has 31 heavy (non-hydrogen) atoms. The molecule has 0 amide bonds. The molecular formula is C25H25N2O3P+2. The number of rotatable bonds is 5. The lowest BCUT2D eigenvalue weighted by molar-refractivity contribution is -0.688. The fourth-order valence-electron chi connectivity index (χ4n) is 3.86. The SMILES string of the molecule is Cc1cccc(C)c1-[n+]1ccc(-c2cc[n+](Cc3ccccc3P(=O)(O)O)cc2)cc1. The average molecular weight is 432 g/mol. The van der Waals surface area contributed by atoms with Gasteiger partial charge in [-0.05, 0) is 31.0 Å². The zero-order valence-electron chi connectivity index (χ0n) is 17.5. The predicted molar refractivity (Wildman–Crippen MR) is 120 cm³/mol. The van der Waals surface area contributed by atoms with Crippen LogP contribution in [0.5, 0.6) is 0 Å². The third kappa shape index (κ3) is 4.64. The zero-order chi connectivity index (χ0) is 22.0. The van der Waals surface area contributed by atoms with Crippen molar-refractivity contribution in [1.29, 1.82) is 0 Å². The molecule has 0 radical (unpaired) electrons. The first-order chi connectivity index (χ1) is 14.8. The topological polar surface area (TPSA) is 65.3 Å². The molecule has 2 aromatic heterocycles. The minimum absolute atomic E-state index is 0.0747. The number of para-hydroxylation sites is 1. The first-order valence-corrected chi connectivity index (χ1v) is 11.7. The first kappa shape index (κ1) is 21.1.